The van der Waals surface area contributed by atoms with E-state index in [0.29, 0.717) is 0 Å². The van der Waals surface area contributed by atoms with Gasteiger partial charge in [-0.05, 0) is 38.0 Å². The second kappa shape index (κ2) is 26.3. The van der Waals surface area contributed by atoms with Crippen molar-refractivity contribution in [2.45, 2.75) is 104 Å². The molecule has 0 saturated carbocycles. The van der Waals surface area contributed by atoms with Crippen LogP contribution in [0.2, 0.25) is 0 Å². The van der Waals surface area contributed by atoms with Gasteiger partial charge in [-0.15, -0.1) is 0 Å². The first-order valence-corrected chi connectivity index (χ1v) is 12.0. The Morgan fingerprint density at radius 3 is 1.57 bits per heavy atom. The molecule has 0 radical (unpaired) electrons. The second-order valence-electron chi connectivity index (χ2n) is 7.62. The number of unbranched alkanes of at least 4 members (excludes halogenated alkanes) is 10. The van der Waals surface area contributed by atoms with Crippen molar-refractivity contribution in [3.05, 3.63) is 12.2 Å². The van der Waals surface area contributed by atoms with Gasteiger partial charge in [-0.2, -0.15) is 0 Å². The molecule has 1 unspecified atom stereocenters. The van der Waals surface area contributed by atoms with Gasteiger partial charge in [0.15, 0.2) is 0 Å². The SMILES string of the molecule is CCCCCCCC/C=C\CCCCCCC(C(=O)O)C(C)C.O=S(=O)([O-])[O-].[Na+].[Na+]. The Bertz CT molecular complexity index is 488. The van der Waals surface area contributed by atoms with Crippen molar-refractivity contribution in [2.75, 3.05) is 0 Å². The van der Waals surface area contributed by atoms with E-state index in [0.717, 1.165) is 12.8 Å². The van der Waals surface area contributed by atoms with Crippen LogP contribution in [0.25, 0.3) is 0 Å². The molecule has 0 fully saturated rings. The summed E-state index contributed by atoms with van der Waals surface area (Å²) in [7, 11) is -5.17. The molecular formula is C21H40Na2O6S. The molecule has 0 aliphatic rings. The molecule has 6 nitrogen and oxygen atoms in total. The summed E-state index contributed by atoms with van der Waals surface area (Å²) in [5.41, 5.74) is 0. The summed E-state index contributed by atoms with van der Waals surface area (Å²) < 4.78 is 34.1. The van der Waals surface area contributed by atoms with Gasteiger partial charge in [0.05, 0.1) is 5.92 Å². The summed E-state index contributed by atoms with van der Waals surface area (Å²) in [5.74, 6) is -0.540. The molecule has 0 saturated heterocycles. The zero-order valence-corrected chi connectivity index (χ0v) is 24.7. The minimum atomic E-state index is -5.17. The van der Waals surface area contributed by atoms with E-state index < -0.39 is 16.4 Å². The Morgan fingerprint density at radius 1 is 0.833 bits per heavy atom. The summed E-state index contributed by atoms with van der Waals surface area (Å²) in [6.07, 6.45) is 20.9. The molecule has 1 N–H and O–H groups in total. The molecule has 0 amide bonds. The van der Waals surface area contributed by atoms with Gasteiger partial charge in [0.2, 0.25) is 0 Å². The van der Waals surface area contributed by atoms with Gasteiger partial charge in [-0.25, -0.2) is 0 Å². The van der Waals surface area contributed by atoms with Crippen molar-refractivity contribution in [1.82, 2.24) is 0 Å². The normalized spacial score (nSPS) is 11.9. The summed E-state index contributed by atoms with van der Waals surface area (Å²) in [6, 6.07) is 0. The van der Waals surface area contributed by atoms with E-state index in [9.17, 15) is 4.79 Å². The van der Waals surface area contributed by atoms with Crippen molar-refractivity contribution in [1.29, 1.82) is 0 Å². The number of carboxylic acids is 1. The minimum absolute atomic E-state index is 0. The smallest absolute Gasteiger partial charge is 0.759 e. The van der Waals surface area contributed by atoms with Crippen LogP contribution < -0.4 is 59.1 Å². The van der Waals surface area contributed by atoms with Crippen LogP contribution in [0.1, 0.15) is 104 Å². The largest absolute Gasteiger partial charge is 1.00 e. The number of rotatable bonds is 16. The maximum absolute atomic E-state index is 11.1. The second-order valence-corrected chi connectivity index (χ2v) is 8.43. The van der Waals surface area contributed by atoms with Crippen LogP contribution in [-0.2, 0) is 15.2 Å². The quantitative estimate of drug-likeness (QED) is 0.109. The Morgan fingerprint density at radius 2 is 1.20 bits per heavy atom. The topological polar surface area (TPSA) is 118 Å². The van der Waals surface area contributed by atoms with Crippen molar-refractivity contribution in [3.8, 4) is 0 Å². The molecule has 0 aromatic heterocycles. The first kappa shape index (κ1) is 38.3. The average molecular weight is 467 g/mol. The van der Waals surface area contributed by atoms with Crippen LogP contribution in [0.15, 0.2) is 12.2 Å². The Hall–Kier alpha value is 1.08. The van der Waals surface area contributed by atoms with Gasteiger partial charge in [0.25, 0.3) is 0 Å². The molecule has 9 heteroatoms. The molecule has 0 aromatic rings. The summed E-state index contributed by atoms with van der Waals surface area (Å²) in [5, 5.41) is 9.14. The van der Waals surface area contributed by atoms with Crippen molar-refractivity contribution in [2.24, 2.45) is 11.8 Å². The molecule has 30 heavy (non-hydrogen) atoms. The molecule has 0 bridgehead atoms. The fraction of sp³-hybridized carbons (Fsp3) is 0.857. The minimum Gasteiger partial charge on any atom is -0.759 e. The molecule has 0 heterocycles. The predicted octanol–water partition coefficient (Wildman–Crippen LogP) is -0.339. The monoisotopic (exact) mass is 466 g/mol. The Kier molecular flexibility index (Phi) is 33.7. The number of carbonyl (C=O) groups is 1. The Balaban J connectivity index is -0.000000429. The van der Waals surface area contributed by atoms with Gasteiger partial charge in [-0.3, -0.25) is 13.2 Å². The maximum atomic E-state index is 11.1. The maximum Gasteiger partial charge on any atom is 1.00 e. The third-order valence-electron chi connectivity index (χ3n) is 4.65. The number of hydrogen-bond acceptors (Lipinski definition) is 5. The van der Waals surface area contributed by atoms with Gasteiger partial charge < -0.3 is 14.2 Å². The molecule has 0 aliphatic carbocycles. The van der Waals surface area contributed by atoms with Crippen LogP contribution >= 0.6 is 0 Å². The first-order valence-electron chi connectivity index (χ1n) is 10.6. The number of carboxylic acid groups (broad SMARTS) is 1. The average Bonchev–Trinajstić information content (AvgIpc) is 2.56. The van der Waals surface area contributed by atoms with Gasteiger partial charge in [-0.1, -0.05) is 84.3 Å². The third kappa shape index (κ3) is 36.5. The molecule has 0 aromatic carbocycles. The van der Waals surface area contributed by atoms with Crippen molar-refractivity contribution >= 4 is 16.4 Å². The van der Waals surface area contributed by atoms with E-state index in [1.165, 1.54) is 70.6 Å². The standard InChI is InChI=1S/C21H40O2.2Na.H2O4S/c1-4-5-6-7-8-9-10-11-12-13-14-15-16-17-18-20(19(2)3)21(22)23;;;1-5(2,3)4/h11-12,19-20H,4-10,13-18H2,1-3H3,(H,22,23);;;(H2,1,2,3,4)/q;2*+1;/p-2/b12-11-;;;. The molecule has 1 atom stereocenters. The summed E-state index contributed by atoms with van der Waals surface area (Å²) in [4.78, 5) is 11.1. The van der Waals surface area contributed by atoms with Gasteiger partial charge >= 0.3 is 65.1 Å². The first-order chi connectivity index (χ1) is 13.1. The van der Waals surface area contributed by atoms with E-state index in [2.05, 4.69) is 19.1 Å². The zero-order valence-electron chi connectivity index (χ0n) is 19.9. The van der Waals surface area contributed by atoms with E-state index in [1.54, 1.807) is 0 Å². The fourth-order valence-electron chi connectivity index (χ4n) is 3.00. The fourth-order valence-corrected chi connectivity index (χ4v) is 3.00. The van der Waals surface area contributed by atoms with Gasteiger partial charge in [0.1, 0.15) is 0 Å². The zero-order chi connectivity index (χ0) is 21.8. The predicted molar refractivity (Wildman–Crippen MR) is 111 cm³/mol. The molecule has 0 spiro atoms. The van der Waals surface area contributed by atoms with E-state index in [-0.39, 0.29) is 71.0 Å². The molecule has 168 valence electrons. The van der Waals surface area contributed by atoms with Crippen LogP contribution in [0.5, 0.6) is 0 Å². The van der Waals surface area contributed by atoms with E-state index in [4.69, 9.17) is 22.6 Å². The molecule has 0 aliphatic heterocycles. The van der Waals surface area contributed by atoms with E-state index in [1.807, 2.05) is 13.8 Å². The van der Waals surface area contributed by atoms with Crippen LogP contribution in [0.3, 0.4) is 0 Å². The summed E-state index contributed by atoms with van der Waals surface area (Å²) in [6.45, 7) is 6.28. The number of hydrogen-bond donors (Lipinski definition) is 1. The van der Waals surface area contributed by atoms with Crippen LogP contribution in [0.4, 0.5) is 0 Å². The van der Waals surface area contributed by atoms with Crippen molar-refractivity contribution < 1.29 is 86.5 Å². The third-order valence-corrected chi connectivity index (χ3v) is 4.65. The number of aliphatic carboxylic acids is 1. The Labute approximate surface area is 229 Å². The number of allylic oxidation sites excluding steroid dienone is 2. The molecular weight excluding hydrogens is 426 g/mol. The van der Waals surface area contributed by atoms with Crippen LogP contribution in [-0.4, -0.2) is 28.6 Å². The molecule has 0 rings (SSSR count). The van der Waals surface area contributed by atoms with Crippen LogP contribution in [0, 0.1) is 11.8 Å². The van der Waals surface area contributed by atoms with Gasteiger partial charge in [0, 0.05) is 10.4 Å². The van der Waals surface area contributed by atoms with E-state index >= 15 is 0 Å². The summed E-state index contributed by atoms with van der Waals surface area (Å²) >= 11 is 0. The van der Waals surface area contributed by atoms with Crippen molar-refractivity contribution in [3.63, 3.8) is 0 Å².